The number of aliphatic hydroxyl groups is 2. The first-order chi connectivity index (χ1) is 27.0. The Kier molecular flexibility index (Phi) is 32.1. The Morgan fingerprint density at radius 3 is 1.68 bits per heavy atom. The zero-order valence-corrected chi connectivity index (χ0v) is 36.2. The van der Waals surface area contributed by atoms with E-state index < -0.39 is 44.7 Å². The van der Waals surface area contributed by atoms with Crippen molar-refractivity contribution in [2.75, 3.05) is 13.2 Å². The number of carbonyl (C=O) groups is 3. The van der Waals surface area contributed by atoms with Crippen molar-refractivity contribution in [2.45, 2.75) is 225 Å². The highest BCUT2D eigenvalue weighted by molar-refractivity contribution is 7.46. The van der Waals surface area contributed by atoms with Crippen LogP contribution in [-0.4, -0.2) is 69.2 Å². The minimum Gasteiger partial charge on any atom is -0.462 e. The van der Waals surface area contributed by atoms with Crippen LogP contribution in [0, 0.1) is 11.8 Å². The van der Waals surface area contributed by atoms with Gasteiger partial charge in [-0.05, 0) is 25.7 Å². The third-order valence-corrected chi connectivity index (χ3v) is 11.4. The van der Waals surface area contributed by atoms with Gasteiger partial charge in [0, 0.05) is 31.1 Å². The molecule has 1 aliphatic carbocycles. The summed E-state index contributed by atoms with van der Waals surface area (Å²) >= 11 is 0. The molecule has 1 rings (SSSR count). The second kappa shape index (κ2) is 34.3. The average molecular weight is 817 g/mol. The van der Waals surface area contributed by atoms with Crippen molar-refractivity contribution in [2.24, 2.45) is 11.8 Å². The molecule has 12 heteroatoms. The van der Waals surface area contributed by atoms with Crippen LogP contribution >= 0.6 is 7.82 Å². The van der Waals surface area contributed by atoms with E-state index in [0.29, 0.717) is 32.1 Å². The summed E-state index contributed by atoms with van der Waals surface area (Å²) in [6, 6.07) is 0. The van der Waals surface area contributed by atoms with Gasteiger partial charge in [0.15, 0.2) is 6.10 Å². The van der Waals surface area contributed by atoms with E-state index in [1.807, 2.05) is 0 Å². The van der Waals surface area contributed by atoms with Crippen molar-refractivity contribution >= 4 is 25.5 Å². The topological polar surface area (TPSA) is 177 Å². The Labute approximate surface area is 339 Å². The fourth-order valence-electron chi connectivity index (χ4n) is 7.51. The van der Waals surface area contributed by atoms with E-state index in [0.717, 1.165) is 51.4 Å². The number of phosphoric ester groups is 1. The smallest absolute Gasteiger partial charge is 0.462 e. The number of Topliss-reactive ketones (excluding diaryl/α,β-unsaturated/α-hetero) is 1. The fourth-order valence-corrected chi connectivity index (χ4v) is 7.87. The van der Waals surface area contributed by atoms with Crippen molar-refractivity contribution in [3.63, 3.8) is 0 Å². The highest BCUT2D eigenvalue weighted by Crippen LogP contribution is 2.36. The summed E-state index contributed by atoms with van der Waals surface area (Å²) < 4.78 is 26.4. The number of hydrogen-bond donors (Lipinski definition) is 4. The van der Waals surface area contributed by atoms with Gasteiger partial charge < -0.3 is 29.5 Å². The molecule has 1 saturated carbocycles. The second-order valence-electron chi connectivity index (χ2n) is 16.2. The standard InChI is InChI=1S/C44H81O11P/c1-3-5-7-8-9-10-11-12-13-14-15-16-17-18-19-20-21-26-30-43(48)53-35-38(36-54-56(50,51)52)55-44(49)31-27-23-22-25-29-39-40(42(47)34-41(39)46)33-32-37(45)28-24-6-4-2/h32-33,37-40,42,45,47H,3-31,34-36H2,1-2H3,(H2,50,51,52)/b33-32+/t37-,38+,39+,40+,42+/m0/s1. The maximum atomic E-state index is 12.5. The molecule has 4 N–H and O–H groups in total. The van der Waals surface area contributed by atoms with Gasteiger partial charge in [-0.15, -0.1) is 0 Å². The van der Waals surface area contributed by atoms with E-state index in [1.54, 1.807) is 12.2 Å². The second-order valence-corrected chi connectivity index (χ2v) is 17.4. The molecule has 0 amide bonds. The molecule has 0 radical (unpaired) electrons. The van der Waals surface area contributed by atoms with E-state index in [9.17, 15) is 29.2 Å². The fraction of sp³-hybridized carbons (Fsp3) is 0.886. The number of carbonyl (C=O) groups excluding carboxylic acids is 3. The number of phosphoric acid groups is 1. The minimum absolute atomic E-state index is 0.0378. The predicted molar refractivity (Wildman–Crippen MR) is 222 cm³/mol. The molecule has 56 heavy (non-hydrogen) atoms. The van der Waals surface area contributed by atoms with Gasteiger partial charge in [-0.1, -0.05) is 174 Å². The Hall–Kier alpha value is -1.62. The summed E-state index contributed by atoms with van der Waals surface area (Å²) in [6.07, 6.45) is 31.2. The number of ketones is 1. The highest BCUT2D eigenvalue weighted by atomic mass is 31.2. The summed E-state index contributed by atoms with van der Waals surface area (Å²) in [4.78, 5) is 55.7. The summed E-state index contributed by atoms with van der Waals surface area (Å²) in [5.41, 5.74) is 0. The Balaban J connectivity index is 2.20. The normalized spacial score (nSPS) is 18.5. The van der Waals surface area contributed by atoms with Crippen molar-refractivity contribution < 1.29 is 52.9 Å². The maximum absolute atomic E-state index is 12.5. The molecular formula is C44H81O11P. The summed E-state index contributed by atoms with van der Waals surface area (Å²) in [6.45, 7) is 3.41. The molecule has 11 nitrogen and oxygen atoms in total. The monoisotopic (exact) mass is 817 g/mol. The van der Waals surface area contributed by atoms with Crippen LogP contribution in [0.3, 0.4) is 0 Å². The van der Waals surface area contributed by atoms with Crippen LogP contribution in [0.15, 0.2) is 12.2 Å². The largest absolute Gasteiger partial charge is 0.469 e. The molecule has 328 valence electrons. The summed E-state index contributed by atoms with van der Waals surface area (Å²) in [5.74, 6) is -1.59. The van der Waals surface area contributed by atoms with Crippen LogP contribution < -0.4 is 0 Å². The third kappa shape index (κ3) is 29.6. The SMILES string of the molecule is CCCCCCCCCCCCCCCCCCCCC(=O)OC[C@H](COP(=O)(O)O)OC(=O)CCCCCC[C@H]1C(=O)C[C@@H](O)[C@@H]1/C=C/[C@@H](O)CCCCC. The lowest BCUT2D eigenvalue weighted by atomic mass is 9.88. The van der Waals surface area contributed by atoms with Gasteiger partial charge in [0.05, 0.1) is 18.8 Å². The van der Waals surface area contributed by atoms with Crippen LogP contribution in [0.1, 0.15) is 206 Å². The van der Waals surface area contributed by atoms with E-state index in [4.69, 9.17) is 19.3 Å². The molecule has 0 aliphatic heterocycles. The lowest BCUT2D eigenvalue weighted by Crippen LogP contribution is -2.29. The lowest BCUT2D eigenvalue weighted by Gasteiger charge is -2.19. The van der Waals surface area contributed by atoms with Crippen LogP contribution in [0.4, 0.5) is 0 Å². The predicted octanol–water partition coefficient (Wildman–Crippen LogP) is 10.4. The van der Waals surface area contributed by atoms with Crippen LogP contribution in [-0.2, 0) is 32.9 Å². The van der Waals surface area contributed by atoms with Crippen molar-refractivity contribution in [3.05, 3.63) is 12.2 Å². The molecule has 1 aliphatic rings. The maximum Gasteiger partial charge on any atom is 0.469 e. The lowest BCUT2D eigenvalue weighted by molar-refractivity contribution is -0.161. The van der Waals surface area contributed by atoms with E-state index >= 15 is 0 Å². The van der Waals surface area contributed by atoms with Gasteiger partial charge in [0.25, 0.3) is 0 Å². The van der Waals surface area contributed by atoms with E-state index in [-0.39, 0.29) is 43.5 Å². The van der Waals surface area contributed by atoms with Gasteiger partial charge in [0.2, 0.25) is 0 Å². The summed E-state index contributed by atoms with van der Waals surface area (Å²) in [7, 11) is -4.82. The quantitative estimate of drug-likeness (QED) is 0.0202. The van der Waals surface area contributed by atoms with Crippen molar-refractivity contribution in [3.8, 4) is 0 Å². The van der Waals surface area contributed by atoms with Crippen LogP contribution in [0.5, 0.6) is 0 Å². The van der Waals surface area contributed by atoms with Gasteiger partial charge in [-0.3, -0.25) is 18.9 Å². The number of unbranched alkanes of at least 4 members (excludes halogenated alkanes) is 22. The third-order valence-electron chi connectivity index (χ3n) is 10.9. The van der Waals surface area contributed by atoms with E-state index in [1.165, 1.54) is 89.9 Å². The molecule has 0 aromatic carbocycles. The molecule has 0 unspecified atom stereocenters. The van der Waals surface area contributed by atoms with Crippen LogP contribution in [0.2, 0.25) is 0 Å². The number of esters is 2. The Bertz CT molecular complexity index is 1080. The zero-order chi connectivity index (χ0) is 41.3. The molecule has 0 aromatic heterocycles. The Morgan fingerprint density at radius 2 is 1.16 bits per heavy atom. The zero-order valence-electron chi connectivity index (χ0n) is 35.3. The van der Waals surface area contributed by atoms with Crippen molar-refractivity contribution in [1.82, 2.24) is 0 Å². The van der Waals surface area contributed by atoms with Gasteiger partial charge in [-0.25, -0.2) is 4.57 Å². The van der Waals surface area contributed by atoms with Crippen molar-refractivity contribution in [1.29, 1.82) is 0 Å². The van der Waals surface area contributed by atoms with Crippen LogP contribution in [0.25, 0.3) is 0 Å². The minimum atomic E-state index is -4.82. The highest BCUT2D eigenvalue weighted by Gasteiger charge is 2.39. The molecule has 0 heterocycles. The molecule has 0 spiro atoms. The Morgan fingerprint density at radius 1 is 0.696 bits per heavy atom. The molecule has 5 atom stereocenters. The first-order valence-corrected chi connectivity index (χ1v) is 24.1. The van der Waals surface area contributed by atoms with Gasteiger partial charge in [-0.2, -0.15) is 0 Å². The average Bonchev–Trinajstić information content (AvgIpc) is 3.42. The molecular weight excluding hydrogens is 735 g/mol. The molecule has 1 fully saturated rings. The first-order valence-electron chi connectivity index (χ1n) is 22.6. The van der Waals surface area contributed by atoms with Gasteiger partial charge >= 0.3 is 19.8 Å². The molecule has 0 bridgehead atoms. The molecule has 0 aromatic rings. The number of rotatable bonds is 38. The number of hydrogen-bond acceptors (Lipinski definition) is 9. The first kappa shape index (κ1) is 52.4. The number of aliphatic hydroxyl groups excluding tert-OH is 2. The van der Waals surface area contributed by atoms with E-state index in [2.05, 4.69) is 18.4 Å². The van der Waals surface area contributed by atoms with Gasteiger partial charge in [0.1, 0.15) is 12.4 Å². The number of ether oxygens (including phenoxy) is 2. The summed E-state index contributed by atoms with van der Waals surface area (Å²) in [5, 5.41) is 20.7. The molecule has 0 saturated heterocycles.